The van der Waals surface area contributed by atoms with Gasteiger partial charge in [-0.15, -0.1) is 0 Å². The first kappa shape index (κ1) is 13.0. The molecule has 0 saturated heterocycles. The van der Waals surface area contributed by atoms with Crippen molar-refractivity contribution in [2.75, 3.05) is 7.11 Å². The van der Waals surface area contributed by atoms with Crippen molar-refractivity contribution in [2.24, 2.45) is 0 Å². The van der Waals surface area contributed by atoms with Crippen LogP contribution in [0.2, 0.25) is 0 Å². The van der Waals surface area contributed by atoms with Gasteiger partial charge in [0.2, 0.25) is 0 Å². The van der Waals surface area contributed by atoms with E-state index in [0.717, 1.165) is 5.75 Å². The fourth-order valence-corrected chi connectivity index (χ4v) is 1.95. The molecule has 2 nitrogen and oxygen atoms in total. The van der Waals surface area contributed by atoms with E-state index in [1.54, 1.807) is 7.11 Å². The first-order valence-corrected chi connectivity index (χ1v) is 6.07. The molecule has 0 aliphatic carbocycles. The van der Waals surface area contributed by atoms with Gasteiger partial charge in [-0.25, -0.2) is 0 Å². The number of nitrogens with one attached hydrogen (secondary N) is 1. The van der Waals surface area contributed by atoms with Gasteiger partial charge in [0.15, 0.2) is 0 Å². The van der Waals surface area contributed by atoms with Gasteiger partial charge in [-0.05, 0) is 38.0 Å². The molecule has 0 aliphatic rings. The van der Waals surface area contributed by atoms with E-state index in [1.165, 1.54) is 18.4 Å². The predicted octanol–water partition coefficient (Wildman–Crippen LogP) is 3.53. The van der Waals surface area contributed by atoms with Crippen LogP contribution in [0, 0.1) is 0 Å². The highest BCUT2D eigenvalue weighted by molar-refractivity contribution is 5.30. The summed E-state index contributed by atoms with van der Waals surface area (Å²) in [5.74, 6) is 0.925. The number of methoxy groups -OCH3 is 1. The summed E-state index contributed by atoms with van der Waals surface area (Å²) < 4.78 is 5.23. The third kappa shape index (κ3) is 3.86. The Morgan fingerprint density at radius 3 is 2.69 bits per heavy atom. The van der Waals surface area contributed by atoms with E-state index in [9.17, 15) is 0 Å². The maximum atomic E-state index is 5.23. The van der Waals surface area contributed by atoms with Gasteiger partial charge in [-0.2, -0.15) is 0 Å². The minimum absolute atomic E-state index is 0.372. The Morgan fingerprint density at radius 2 is 2.06 bits per heavy atom. The van der Waals surface area contributed by atoms with E-state index >= 15 is 0 Å². The topological polar surface area (TPSA) is 21.3 Å². The lowest BCUT2D eigenvalue weighted by molar-refractivity contribution is 0.411. The van der Waals surface area contributed by atoms with Gasteiger partial charge in [-0.1, -0.05) is 25.5 Å². The zero-order valence-electron chi connectivity index (χ0n) is 10.8. The largest absolute Gasteiger partial charge is 0.497 e. The average molecular weight is 221 g/mol. The Hall–Kier alpha value is -1.02. The van der Waals surface area contributed by atoms with Gasteiger partial charge < -0.3 is 10.1 Å². The highest BCUT2D eigenvalue weighted by atomic mass is 16.5. The molecule has 0 aromatic heterocycles. The molecular weight excluding hydrogens is 198 g/mol. The van der Waals surface area contributed by atoms with Crippen molar-refractivity contribution in [2.45, 2.75) is 45.7 Å². The van der Waals surface area contributed by atoms with Crippen molar-refractivity contribution in [3.05, 3.63) is 29.8 Å². The van der Waals surface area contributed by atoms with Crippen molar-refractivity contribution >= 4 is 0 Å². The Labute approximate surface area is 99.0 Å². The Morgan fingerprint density at radius 1 is 1.31 bits per heavy atom. The van der Waals surface area contributed by atoms with E-state index in [2.05, 4.69) is 38.2 Å². The number of ether oxygens (including phenoxy) is 1. The van der Waals surface area contributed by atoms with Crippen LogP contribution in [0.1, 0.15) is 45.2 Å². The second kappa shape index (κ2) is 6.54. The third-order valence-corrected chi connectivity index (χ3v) is 2.85. The first-order valence-electron chi connectivity index (χ1n) is 6.07. The summed E-state index contributed by atoms with van der Waals surface area (Å²) in [6.45, 7) is 6.65. The summed E-state index contributed by atoms with van der Waals surface area (Å²) >= 11 is 0. The molecule has 0 bridgehead atoms. The quantitative estimate of drug-likeness (QED) is 0.793. The van der Waals surface area contributed by atoms with E-state index in [0.29, 0.717) is 12.1 Å². The Balaban J connectivity index is 2.61. The normalized spacial score (nSPS) is 14.5. The van der Waals surface area contributed by atoms with Crippen molar-refractivity contribution < 1.29 is 4.74 Å². The van der Waals surface area contributed by atoms with Crippen molar-refractivity contribution in [3.63, 3.8) is 0 Å². The second-order valence-electron chi connectivity index (χ2n) is 4.35. The maximum Gasteiger partial charge on any atom is 0.119 e. The molecule has 2 atom stereocenters. The average Bonchev–Trinajstić information content (AvgIpc) is 2.29. The van der Waals surface area contributed by atoms with Crippen LogP contribution in [0.15, 0.2) is 24.3 Å². The monoisotopic (exact) mass is 221 g/mol. The zero-order chi connectivity index (χ0) is 12.0. The number of benzene rings is 1. The van der Waals surface area contributed by atoms with Gasteiger partial charge in [0.1, 0.15) is 5.75 Å². The summed E-state index contributed by atoms with van der Waals surface area (Å²) in [4.78, 5) is 0. The van der Waals surface area contributed by atoms with E-state index < -0.39 is 0 Å². The number of hydrogen-bond donors (Lipinski definition) is 1. The lowest BCUT2D eigenvalue weighted by Crippen LogP contribution is -2.28. The molecule has 1 rings (SSSR count). The molecule has 1 aromatic carbocycles. The summed E-state index contributed by atoms with van der Waals surface area (Å²) in [5.41, 5.74) is 1.28. The van der Waals surface area contributed by atoms with E-state index in [1.807, 2.05) is 12.1 Å². The molecule has 2 heteroatoms. The summed E-state index contributed by atoms with van der Waals surface area (Å²) in [5, 5.41) is 3.59. The minimum Gasteiger partial charge on any atom is -0.497 e. The smallest absolute Gasteiger partial charge is 0.119 e. The van der Waals surface area contributed by atoms with Crippen LogP contribution in [0.4, 0.5) is 0 Å². The third-order valence-electron chi connectivity index (χ3n) is 2.85. The molecule has 1 N–H and O–H groups in total. The molecular formula is C14H23NO. The Bertz CT molecular complexity index is 311. The summed E-state index contributed by atoms with van der Waals surface area (Å²) in [7, 11) is 1.71. The predicted molar refractivity (Wildman–Crippen MR) is 68.9 cm³/mol. The standard InChI is InChI=1S/C14H23NO/c1-5-7-11(2)15-12(3)13-8-6-9-14(10-13)16-4/h6,8-12,15H,5,7H2,1-4H3/t11?,12-/m1/s1. The number of hydrogen-bond acceptors (Lipinski definition) is 2. The van der Waals surface area contributed by atoms with Crippen LogP contribution in [0.5, 0.6) is 5.75 Å². The van der Waals surface area contributed by atoms with Crippen LogP contribution in [-0.4, -0.2) is 13.2 Å². The van der Waals surface area contributed by atoms with Gasteiger partial charge in [0.25, 0.3) is 0 Å². The van der Waals surface area contributed by atoms with Crippen LogP contribution in [-0.2, 0) is 0 Å². The highest BCUT2D eigenvalue weighted by Crippen LogP contribution is 2.19. The molecule has 16 heavy (non-hydrogen) atoms. The molecule has 0 saturated carbocycles. The fourth-order valence-electron chi connectivity index (χ4n) is 1.95. The molecule has 0 spiro atoms. The van der Waals surface area contributed by atoms with E-state index in [-0.39, 0.29) is 0 Å². The molecule has 0 radical (unpaired) electrons. The van der Waals surface area contributed by atoms with Crippen molar-refractivity contribution in [1.29, 1.82) is 0 Å². The maximum absolute atomic E-state index is 5.23. The molecule has 0 fully saturated rings. The fraction of sp³-hybridized carbons (Fsp3) is 0.571. The molecule has 0 amide bonds. The van der Waals surface area contributed by atoms with Gasteiger partial charge in [0.05, 0.1) is 7.11 Å². The van der Waals surface area contributed by atoms with Crippen molar-refractivity contribution in [1.82, 2.24) is 5.32 Å². The summed E-state index contributed by atoms with van der Waals surface area (Å²) in [6.07, 6.45) is 2.44. The molecule has 0 aliphatic heterocycles. The molecule has 1 unspecified atom stereocenters. The molecule has 1 aromatic rings. The van der Waals surface area contributed by atoms with Crippen LogP contribution in [0.3, 0.4) is 0 Å². The molecule has 0 heterocycles. The van der Waals surface area contributed by atoms with E-state index in [4.69, 9.17) is 4.74 Å². The zero-order valence-corrected chi connectivity index (χ0v) is 10.8. The van der Waals surface area contributed by atoms with Crippen molar-refractivity contribution in [3.8, 4) is 5.75 Å². The SMILES string of the molecule is CCCC(C)N[C@H](C)c1cccc(OC)c1. The summed E-state index contributed by atoms with van der Waals surface area (Å²) in [6, 6.07) is 9.18. The Kier molecular flexibility index (Phi) is 5.33. The first-order chi connectivity index (χ1) is 7.67. The van der Waals surface area contributed by atoms with Gasteiger partial charge in [-0.3, -0.25) is 0 Å². The number of rotatable bonds is 6. The minimum atomic E-state index is 0.372. The second-order valence-corrected chi connectivity index (χ2v) is 4.35. The lowest BCUT2D eigenvalue weighted by Gasteiger charge is -2.20. The van der Waals surface area contributed by atoms with Gasteiger partial charge >= 0.3 is 0 Å². The lowest BCUT2D eigenvalue weighted by atomic mass is 10.1. The van der Waals surface area contributed by atoms with Crippen LogP contribution >= 0.6 is 0 Å². The van der Waals surface area contributed by atoms with Crippen LogP contribution in [0.25, 0.3) is 0 Å². The van der Waals surface area contributed by atoms with Gasteiger partial charge in [0, 0.05) is 12.1 Å². The highest BCUT2D eigenvalue weighted by Gasteiger charge is 2.09. The molecule has 90 valence electrons. The van der Waals surface area contributed by atoms with Crippen LogP contribution < -0.4 is 10.1 Å².